The number of nitrogens with zero attached hydrogens (tertiary/aromatic N) is 4. The van der Waals surface area contributed by atoms with E-state index in [2.05, 4.69) is 169 Å². The van der Waals surface area contributed by atoms with Gasteiger partial charge in [-0.2, -0.15) is 4.58 Å². The molecule has 0 saturated heterocycles. The number of nitrogens with one attached hydrogen (secondary N) is 4. The summed E-state index contributed by atoms with van der Waals surface area (Å²) in [6.45, 7) is 19.5. The molecule has 6 heterocycles. The normalized spacial score (nSPS) is 14.2. The van der Waals surface area contributed by atoms with Gasteiger partial charge in [0, 0.05) is 84.6 Å². The molecule has 7 aromatic carbocycles. The Bertz CT molecular complexity index is 4390. The van der Waals surface area contributed by atoms with Crippen LogP contribution in [0.2, 0.25) is 0 Å². The topological polar surface area (TPSA) is 189 Å². The van der Waals surface area contributed by atoms with Crippen molar-refractivity contribution in [3.8, 4) is 0 Å². The van der Waals surface area contributed by atoms with Crippen molar-refractivity contribution < 1.29 is 33.7 Å². The molecule has 0 radical (unpaired) electrons. The number of ketones is 1. The van der Waals surface area contributed by atoms with Crippen LogP contribution in [0, 0.1) is 55.4 Å². The first kappa shape index (κ1) is 64.2. The lowest BCUT2D eigenvalue weighted by molar-refractivity contribution is -0.456. The smallest absolute Gasteiger partial charge is 0.270 e. The maximum absolute atomic E-state index is 13.7. The predicted molar refractivity (Wildman–Crippen MR) is 368 cm³/mol. The monoisotopic (exact) mass is 1240 g/mol. The second-order valence-corrected chi connectivity index (χ2v) is 24.3. The third kappa shape index (κ3) is 15.0. The second-order valence-electron chi connectivity index (χ2n) is 24.3. The zero-order chi connectivity index (χ0) is 66.2. The van der Waals surface area contributed by atoms with Gasteiger partial charge in [0.25, 0.3) is 23.6 Å². The highest BCUT2D eigenvalue weighted by molar-refractivity contribution is 6.39. The van der Waals surface area contributed by atoms with Crippen molar-refractivity contribution in [3.63, 3.8) is 0 Å². The van der Waals surface area contributed by atoms with Crippen molar-refractivity contribution in [2.24, 2.45) is 0 Å². The number of anilines is 2. The third-order valence-electron chi connectivity index (χ3n) is 17.2. The molecule has 15 rings (SSSR count). The van der Waals surface area contributed by atoms with E-state index in [-0.39, 0.29) is 71.6 Å². The summed E-state index contributed by atoms with van der Waals surface area (Å²) in [7, 11) is 0. The van der Waals surface area contributed by atoms with Crippen LogP contribution in [0.15, 0.2) is 223 Å². The molecule has 0 spiro atoms. The zero-order valence-corrected chi connectivity index (χ0v) is 54.1. The van der Waals surface area contributed by atoms with Crippen molar-refractivity contribution in [2.45, 2.75) is 94.7 Å². The lowest BCUT2D eigenvalue weighted by Gasteiger charge is -2.33. The highest BCUT2D eigenvalue weighted by atomic mass is 16.3. The maximum Gasteiger partial charge on any atom is 0.270 e. The molecule has 4 aliphatic heterocycles. The first-order chi connectivity index (χ1) is 45.3. The number of pyridine rings is 2. The predicted octanol–water partition coefficient (Wildman–Crippen LogP) is 13.1. The van der Waals surface area contributed by atoms with Gasteiger partial charge in [-0.1, -0.05) is 138 Å². The Hall–Kier alpha value is -11.4. The number of amides is 4. The van der Waals surface area contributed by atoms with E-state index in [0.29, 0.717) is 24.2 Å². The Morgan fingerprint density at radius 1 is 0.426 bits per heavy atom. The molecule has 4 N–H and O–H groups in total. The molecule has 470 valence electrons. The highest BCUT2D eigenvalue weighted by Crippen LogP contribution is 2.39. The van der Waals surface area contributed by atoms with Gasteiger partial charge in [0.2, 0.25) is 11.4 Å². The number of allylic oxidation sites excluding steroid dienone is 7. The minimum Gasteiger partial charge on any atom is -0.871 e. The fraction of sp³-hybridized carbons (Fsp3) is 0.175. The Kier molecular flexibility index (Phi) is 19.4. The summed E-state index contributed by atoms with van der Waals surface area (Å²) >= 11 is 0. The molecule has 14 nitrogen and oxygen atoms in total. The van der Waals surface area contributed by atoms with Crippen LogP contribution in [-0.2, 0) is 44.1 Å². The van der Waals surface area contributed by atoms with Crippen LogP contribution < -0.4 is 31.3 Å². The molecule has 0 fully saturated rings. The Labute approximate surface area is 548 Å². The van der Waals surface area contributed by atoms with Gasteiger partial charge >= 0.3 is 0 Å². The van der Waals surface area contributed by atoms with Crippen LogP contribution in [-0.4, -0.2) is 49.7 Å². The van der Waals surface area contributed by atoms with Crippen LogP contribution in [0.4, 0.5) is 17.1 Å². The molecular formula is C80H74N8O6. The molecule has 6 aliphatic rings. The summed E-state index contributed by atoms with van der Waals surface area (Å²) in [6, 6.07) is 58.3. The molecule has 94 heavy (non-hydrogen) atoms. The first-order valence-electron chi connectivity index (χ1n) is 31.4. The van der Waals surface area contributed by atoms with Crippen LogP contribution in [0.25, 0.3) is 5.57 Å². The fourth-order valence-corrected chi connectivity index (χ4v) is 11.6. The molecule has 0 unspecified atom stereocenters. The number of hydrogen-bond donors (Lipinski definition) is 4. The van der Waals surface area contributed by atoms with Crippen LogP contribution in [0.1, 0.15) is 125 Å². The number of carbonyl (C=O) groups excluding carboxylic acids is 5. The van der Waals surface area contributed by atoms with Crippen LogP contribution >= 0.6 is 0 Å². The summed E-state index contributed by atoms with van der Waals surface area (Å²) in [5.74, 6) is -2.00. The van der Waals surface area contributed by atoms with E-state index < -0.39 is 23.6 Å². The average Bonchev–Trinajstić information content (AvgIpc) is 0.748. The van der Waals surface area contributed by atoms with Crippen molar-refractivity contribution in [1.29, 1.82) is 0 Å². The molecule has 2 aliphatic carbocycles. The van der Waals surface area contributed by atoms with E-state index >= 15 is 0 Å². The Balaban J connectivity index is 0.000000201. The second kappa shape index (κ2) is 28.4. The summed E-state index contributed by atoms with van der Waals surface area (Å²) in [4.78, 5) is 75.1. The minimum atomic E-state index is -0.398. The molecule has 0 atom stereocenters. The minimum absolute atomic E-state index is 0.137. The molecule has 4 amide bonds. The number of Topliss-reactive ketones (excluding diaryl/α,β-unsaturated/α-hetero) is 1. The third-order valence-corrected chi connectivity index (χ3v) is 17.2. The van der Waals surface area contributed by atoms with Crippen molar-refractivity contribution in [1.82, 2.24) is 31.2 Å². The molecular weight excluding hydrogens is 1170 g/mol. The van der Waals surface area contributed by atoms with E-state index in [9.17, 15) is 29.1 Å². The summed E-state index contributed by atoms with van der Waals surface area (Å²) in [5.41, 5.74) is 22.3. The highest BCUT2D eigenvalue weighted by Gasteiger charge is 2.31. The zero-order valence-electron chi connectivity index (χ0n) is 54.1. The molecule has 14 heteroatoms. The fourth-order valence-electron chi connectivity index (χ4n) is 11.6. The summed E-state index contributed by atoms with van der Waals surface area (Å²) in [6.07, 6.45) is 7.86. The van der Waals surface area contributed by atoms with Crippen molar-refractivity contribution >= 4 is 57.8 Å². The van der Waals surface area contributed by atoms with Gasteiger partial charge in [-0.3, -0.25) is 24.0 Å². The maximum atomic E-state index is 13.7. The standard InChI is InChI=1S/C50H48N2O2.C30H26N6O4/c1-31-9-23-45(37(7)25-31)51(29-39-13-11-33(3)35(5)27-39)43-19-15-41(16-20-43)47-49(53)48(50(47)54)42-17-21-44(22-18-42)52(46-24-10-32(2)26-38(46)8)30-40-14-12-34(4)36(6)28-40;37-27-23-3-1-4-24(35-23)28(38)32-16-20-9-13-22(14-10-20)18-34-30(40)26-6-2-5-25(36-26)29(39)33-17-21-11-7-19(8-12-21)15-31-27/h9-28H,29-30H2,1-8H3;1-14H,15-18H2,(H,31,37)(H,32,38)(H,33,39)(H,34,40). The van der Waals surface area contributed by atoms with E-state index in [1.165, 1.54) is 55.6 Å². The van der Waals surface area contributed by atoms with Crippen molar-refractivity contribution in [3.05, 3.63) is 329 Å². The average molecular weight is 1240 g/mol. The van der Waals surface area contributed by atoms with Gasteiger partial charge < -0.3 is 31.3 Å². The number of aryl methyl sites for hydroxylation is 8. The van der Waals surface area contributed by atoms with Crippen LogP contribution in [0.5, 0.6) is 0 Å². The number of carbonyl (C=O) groups is 5. The first-order valence-corrected chi connectivity index (χ1v) is 31.4. The van der Waals surface area contributed by atoms with Gasteiger partial charge in [0.15, 0.2) is 12.3 Å². The van der Waals surface area contributed by atoms with E-state index in [4.69, 9.17) is 0 Å². The Morgan fingerprint density at radius 3 is 1.30 bits per heavy atom. The van der Waals surface area contributed by atoms with Crippen LogP contribution in [0.3, 0.4) is 0 Å². The van der Waals surface area contributed by atoms with E-state index in [1.807, 2.05) is 97.1 Å². The molecule has 0 saturated carbocycles. The van der Waals surface area contributed by atoms with Gasteiger partial charge in [-0.25, -0.2) is 9.97 Å². The quantitative estimate of drug-likeness (QED) is 0.0848. The molecule has 9 aromatic rings. The number of benzene rings is 7. The van der Waals surface area contributed by atoms with Gasteiger partial charge in [-0.15, -0.1) is 0 Å². The summed E-state index contributed by atoms with van der Waals surface area (Å²) < 4.78 is 2.30. The number of rotatable bonds is 8. The van der Waals surface area contributed by atoms with Crippen molar-refractivity contribution in [2.75, 3.05) is 4.90 Å². The lowest BCUT2D eigenvalue weighted by atomic mass is 9.80. The van der Waals surface area contributed by atoms with Gasteiger partial charge in [-0.05, 0) is 189 Å². The molecule has 8 bridgehead atoms. The number of aromatic nitrogens is 2. The van der Waals surface area contributed by atoms with Gasteiger partial charge in [0.05, 0.1) is 0 Å². The SMILES string of the molecule is Cc1ccc(N(Cc2ccc(C)c(C)c2)c2ccc(C3=C([O-])C(=C4C=CC(=[N+](Cc5ccc(C)c(C)c5)c5ccc(C)cc5C)C=C4)C3=O)cc2)c(C)c1.O=C1NCc2ccc(cc2)CNC(=O)c2cccc(n2)C(=O)NCc2ccc(cc2)CNC(=O)c2cccc1n2. The summed E-state index contributed by atoms with van der Waals surface area (Å²) in [5, 5.41) is 24.9. The molecule has 2 aromatic heterocycles. The Morgan fingerprint density at radius 2 is 0.862 bits per heavy atom. The van der Waals surface area contributed by atoms with Gasteiger partial charge in [0.1, 0.15) is 22.8 Å². The largest absolute Gasteiger partial charge is 0.871 e. The lowest BCUT2D eigenvalue weighted by Crippen LogP contribution is -2.30. The van der Waals surface area contributed by atoms with E-state index in [0.717, 1.165) is 45.0 Å². The number of hydrogen-bond acceptors (Lipinski definition) is 9. The van der Waals surface area contributed by atoms with E-state index in [1.54, 1.807) is 36.4 Å².